The molecule has 4 aromatic heterocycles. The second-order valence-electron chi connectivity index (χ2n) is 12.3. The number of hydrogen-bond donors (Lipinski definition) is 0. The zero-order valence-electron chi connectivity index (χ0n) is 34.8. The summed E-state index contributed by atoms with van der Waals surface area (Å²) in [5, 5.41) is 1.12. The van der Waals surface area contributed by atoms with Gasteiger partial charge in [-0.3, -0.25) is 18.5 Å². The van der Waals surface area contributed by atoms with Gasteiger partial charge in [-0.15, -0.1) is 0 Å². The normalized spacial score (nSPS) is 10.2. The van der Waals surface area contributed by atoms with E-state index in [1.807, 2.05) is 62.4 Å². The molecule has 0 aliphatic carbocycles. The van der Waals surface area contributed by atoms with Crippen LogP contribution in [0.2, 0.25) is 0 Å². The molecule has 2 aromatic carbocycles. The molecule has 66 heavy (non-hydrogen) atoms. The number of halogens is 1. The fourth-order valence-electron chi connectivity index (χ4n) is 5.08. The number of methoxy groups -OCH3 is 2. The average Bonchev–Trinajstić information content (AvgIpc) is 3.20. The molecule has 0 N–H and O–H groups in total. The Morgan fingerprint density at radius 2 is 0.970 bits per heavy atom. The number of fused-ring (bicyclic) bond motifs is 2. The summed E-state index contributed by atoms with van der Waals surface area (Å²) in [4.78, 5) is 52.3. The van der Waals surface area contributed by atoms with E-state index in [2.05, 4.69) is 26.5 Å². The van der Waals surface area contributed by atoms with E-state index < -0.39 is 46.2 Å². The molecule has 24 heteroatoms. The van der Waals surface area contributed by atoms with Crippen LogP contribution in [0.4, 0.5) is 0 Å². The van der Waals surface area contributed by atoms with Crippen LogP contribution >= 0.6 is 0 Å². The van der Waals surface area contributed by atoms with Crippen LogP contribution in [-0.4, -0.2) is 39.9 Å². The van der Waals surface area contributed by atoms with Gasteiger partial charge in [-0.1, -0.05) is 67.0 Å². The number of allylic oxidation sites excluding steroid dienone is 1. The van der Waals surface area contributed by atoms with Crippen LogP contribution in [0.5, 0.6) is 23.3 Å². The van der Waals surface area contributed by atoms with Crippen molar-refractivity contribution in [2.45, 2.75) is 76.0 Å². The molecular weight excluding hydrogens is 1170 g/mol. The van der Waals surface area contributed by atoms with Crippen molar-refractivity contribution in [1.82, 2.24) is 19.9 Å². The molecule has 4 heterocycles. The molecule has 356 valence electrons. The van der Waals surface area contributed by atoms with E-state index in [0.29, 0.717) is 53.1 Å². The molecule has 0 spiro atoms. The van der Waals surface area contributed by atoms with Crippen molar-refractivity contribution >= 4 is 33.6 Å². The number of rotatable bonds is 12. The number of benzene rings is 2. The maximum atomic E-state index is 11.8. The Bertz CT molecular complexity index is 2700. The Balaban J connectivity index is 0. The monoisotopic (exact) mass is 1220 g/mol. The molecule has 6 aromatic rings. The molecule has 0 bridgehead atoms. The summed E-state index contributed by atoms with van der Waals surface area (Å²) in [6.45, 7) is 11.4. The molecule has 0 radical (unpaired) electrons. The van der Waals surface area contributed by atoms with Crippen molar-refractivity contribution in [3.8, 4) is 23.3 Å². The number of nitrogens with zero attached hydrogens (tertiary/aromatic N) is 4. The third-order valence-electron chi connectivity index (χ3n) is 7.83. The van der Waals surface area contributed by atoms with E-state index in [0.717, 1.165) is 28.2 Å². The molecule has 0 aliphatic heterocycles. The minimum atomic E-state index is -6.06. The van der Waals surface area contributed by atoms with E-state index in [-0.39, 0.29) is 87.4 Å². The number of hydrogen-bond acceptors (Lipinski definition) is 21. The number of aryl methyl sites for hydroxylation is 2. The molecule has 0 unspecified atom stereocenters. The Labute approximate surface area is 410 Å². The second-order valence-corrected chi connectivity index (χ2v) is 17.0. The summed E-state index contributed by atoms with van der Waals surface area (Å²) in [5.74, 6) is 2.11. The predicted octanol–water partition coefficient (Wildman–Crippen LogP) is -2.62. The summed E-state index contributed by atoms with van der Waals surface area (Å²) in [5.41, 5.74) is 3.31. The summed E-state index contributed by atoms with van der Waals surface area (Å²) in [6, 6.07) is 17.8. The van der Waals surface area contributed by atoms with Crippen LogP contribution in [0.3, 0.4) is 0 Å². The summed E-state index contributed by atoms with van der Waals surface area (Å²) < 4.78 is 102. The molecule has 0 aliphatic rings. The minimum absolute atomic E-state index is 0. The van der Waals surface area contributed by atoms with Crippen LogP contribution in [0.1, 0.15) is 88.7 Å². The van der Waals surface area contributed by atoms with Crippen LogP contribution in [0.15, 0.2) is 85.7 Å². The molecule has 21 nitrogen and oxygen atoms in total. The van der Waals surface area contributed by atoms with Crippen molar-refractivity contribution in [3.63, 3.8) is 0 Å². The summed E-state index contributed by atoms with van der Waals surface area (Å²) in [6.07, 6.45) is 1.21. The van der Waals surface area contributed by atoms with Gasteiger partial charge < -0.3 is 27.8 Å². The van der Waals surface area contributed by atoms with Gasteiger partial charge in [0, 0.05) is 19.1 Å². The van der Waals surface area contributed by atoms with E-state index in [1.165, 1.54) is 19.1 Å². The third kappa shape index (κ3) is 21.1. The van der Waals surface area contributed by atoms with Gasteiger partial charge in [0.05, 0.1) is 14.2 Å². The van der Waals surface area contributed by atoms with Crippen LogP contribution in [-0.2, 0) is 55.1 Å². The molecule has 0 atom stereocenters. The van der Waals surface area contributed by atoms with Crippen molar-refractivity contribution in [1.29, 1.82) is 0 Å². The first kappa shape index (κ1) is 63.1. The molecule has 6 rings (SSSR count). The summed E-state index contributed by atoms with van der Waals surface area (Å²) >= 11 is -12.0. The number of ether oxygens (including phenoxy) is 4. The first-order valence-corrected chi connectivity index (χ1v) is 25.3. The van der Waals surface area contributed by atoms with Gasteiger partial charge in [-0.25, -0.2) is 9.59 Å². The first-order valence-electron chi connectivity index (χ1n) is 17.6. The molecule has 0 fully saturated rings. The van der Waals surface area contributed by atoms with E-state index in [4.69, 9.17) is 55.7 Å². The maximum absolute atomic E-state index is 11.8. The fraction of sp³-hybridized carbons (Fsp3) is 0.310. The van der Waals surface area contributed by atoms with Crippen molar-refractivity contribution < 1.29 is 125 Å². The second kappa shape index (κ2) is 28.9. The quantitative estimate of drug-likeness (QED) is 0.0688. The predicted molar refractivity (Wildman–Crippen MR) is 217 cm³/mol. The third-order valence-corrected chi connectivity index (χ3v) is 7.83. The Hall–Kier alpha value is -4.96. The van der Waals surface area contributed by atoms with Crippen LogP contribution < -0.4 is 93.6 Å². The van der Waals surface area contributed by atoms with Gasteiger partial charge in [0.25, 0.3) is 0 Å². The number of carbonyl (C=O) groups excluding carboxylic acids is 1. The summed E-state index contributed by atoms with van der Waals surface area (Å²) in [7, 11) is 3.22. The Kier molecular flexibility index (Phi) is 27.7. The van der Waals surface area contributed by atoms with Gasteiger partial charge in [0.15, 0.2) is 11.6 Å². The molecule has 0 amide bonds. The van der Waals surface area contributed by atoms with Crippen LogP contribution in [0, 0.1) is 0 Å². The topological polar surface area (TPSA) is 326 Å². The molecular formula is C42H50IN4NaO17Os. The average molecular weight is 1220 g/mol. The first-order chi connectivity index (χ1) is 29.0. The van der Waals surface area contributed by atoms with Crippen molar-refractivity contribution in [3.05, 3.63) is 122 Å². The Morgan fingerprint density at radius 3 is 1.26 bits per heavy atom. The van der Waals surface area contributed by atoms with Crippen molar-refractivity contribution in [2.24, 2.45) is 0 Å². The zero-order chi connectivity index (χ0) is 46.4. The van der Waals surface area contributed by atoms with Crippen molar-refractivity contribution in [2.75, 3.05) is 14.2 Å². The number of Topliss-reactive ketones (excluding diaryl/α,β-unsaturated/α-hetero) is 1. The van der Waals surface area contributed by atoms with Gasteiger partial charge in [0.1, 0.15) is 55.6 Å². The zero-order valence-corrected chi connectivity index (χ0v) is 41.5. The standard InChI is InChI=1S/C20H20N2O4.C19H18N2O5.3CH4.IO4.Na.4O.Os/c1-5-14-10-16(23)26-20-17(14)19(21-18(22-20)12(2)3)25-11-13-6-8-15(24-4)9-7-13;1-4-13-9-15(23)26-19-16(13)18(20-17(21-19)11(2)22)25-10-12-5-7-14(24-3)8-6-12;;;;2-1(3,4)5;;;;;;/h6-10H,2,5,11H2,1,3-4H3;5-9H,4,10H2,1-3H3;3*1H4;;;;;;;/q;;;;;-1;+1;;;;;. The van der Waals surface area contributed by atoms with Gasteiger partial charge in [-0.2, -0.15) is 19.9 Å². The SMILES string of the molecule is C.C.C.C=C(C)c1nc(OCc2ccc(OC)cc2)c2c(CC)cc(=O)oc2n1.CCc1cc(=O)oc2nc(C(C)=O)nc(OCc3ccc(OC)cc3)c12.[Na+].[O-][I+3]([O-])([O-])[O-].[O]=[Os](=[O])(=[O])=[O]. The molecule has 0 saturated heterocycles. The number of ketones is 1. The van der Waals surface area contributed by atoms with Crippen LogP contribution in [0.25, 0.3) is 27.8 Å². The van der Waals surface area contributed by atoms with E-state index in [9.17, 15) is 14.4 Å². The van der Waals surface area contributed by atoms with E-state index >= 15 is 0 Å². The Morgan fingerprint density at radius 1 is 0.652 bits per heavy atom. The molecule has 0 saturated carbocycles. The number of aromatic nitrogens is 4. The van der Waals surface area contributed by atoms with Gasteiger partial charge >= 0.3 is 69.8 Å². The van der Waals surface area contributed by atoms with E-state index in [1.54, 1.807) is 21.1 Å². The van der Waals surface area contributed by atoms with Gasteiger partial charge in [-0.05, 0) is 71.9 Å². The fourth-order valence-corrected chi connectivity index (χ4v) is 5.08. The van der Waals surface area contributed by atoms with Gasteiger partial charge in [0.2, 0.25) is 29.0 Å². The number of carbonyl (C=O) groups is 1.